The van der Waals surface area contributed by atoms with E-state index >= 15 is 0 Å². The SMILES string of the molecule is CCCc1cn(-c2c(OC)cccc2C(=O)O)c(=O)n1Cc1ccc(-c2ncccc2-c2nnn[nH]2)cc1. The van der Waals surface area contributed by atoms with Gasteiger partial charge in [0.15, 0.2) is 5.82 Å². The van der Waals surface area contributed by atoms with Gasteiger partial charge in [-0.15, -0.1) is 5.10 Å². The fraction of sp³-hybridized carbons (Fsp3) is 0.185. The average Bonchev–Trinajstić information content (AvgIpc) is 3.58. The molecule has 3 heterocycles. The largest absolute Gasteiger partial charge is 0.495 e. The van der Waals surface area contributed by atoms with Gasteiger partial charge in [0, 0.05) is 29.2 Å². The van der Waals surface area contributed by atoms with E-state index in [-0.39, 0.29) is 16.9 Å². The van der Waals surface area contributed by atoms with Gasteiger partial charge >= 0.3 is 11.7 Å². The molecule has 0 aliphatic carbocycles. The second-order valence-corrected chi connectivity index (χ2v) is 8.62. The predicted molar refractivity (Wildman–Crippen MR) is 139 cm³/mol. The number of para-hydroxylation sites is 1. The first-order chi connectivity index (χ1) is 18.5. The zero-order chi connectivity index (χ0) is 26.6. The number of H-pyrrole nitrogens is 1. The highest BCUT2D eigenvalue weighted by Crippen LogP contribution is 2.29. The minimum absolute atomic E-state index is 0.0101. The van der Waals surface area contributed by atoms with E-state index in [9.17, 15) is 14.7 Å². The number of rotatable bonds is 9. The van der Waals surface area contributed by atoms with Crippen molar-refractivity contribution in [1.29, 1.82) is 0 Å². The number of carbonyl (C=O) groups is 1. The van der Waals surface area contributed by atoms with Gasteiger partial charge in [-0.1, -0.05) is 43.7 Å². The maximum absolute atomic E-state index is 13.6. The third-order valence-electron chi connectivity index (χ3n) is 6.23. The summed E-state index contributed by atoms with van der Waals surface area (Å²) in [6.45, 7) is 2.35. The second kappa shape index (κ2) is 10.5. The van der Waals surface area contributed by atoms with Gasteiger partial charge in [0.1, 0.15) is 11.4 Å². The minimum Gasteiger partial charge on any atom is -0.495 e. The Bertz CT molecular complexity index is 1640. The summed E-state index contributed by atoms with van der Waals surface area (Å²) < 4.78 is 8.45. The molecule has 0 saturated heterocycles. The highest BCUT2D eigenvalue weighted by Gasteiger charge is 2.21. The molecule has 0 fully saturated rings. The van der Waals surface area contributed by atoms with Crippen molar-refractivity contribution < 1.29 is 14.6 Å². The van der Waals surface area contributed by atoms with Gasteiger partial charge in [0.25, 0.3) is 0 Å². The van der Waals surface area contributed by atoms with Gasteiger partial charge in [-0.25, -0.2) is 14.7 Å². The smallest absolute Gasteiger partial charge is 0.337 e. The normalized spacial score (nSPS) is 11.0. The van der Waals surface area contributed by atoms with Crippen LogP contribution in [0.15, 0.2) is 71.8 Å². The molecule has 5 aromatic rings. The quantitative estimate of drug-likeness (QED) is 0.306. The Morgan fingerprint density at radius 1 is 1.11 bits per heavy atom. The summed E-state index contributed by atoms with van der Waals surface area (Å²) in [6, 6.07) is 16.2. The molecular formula is C27H25N7O4. The summed E-state index contributed by atoms with van der Waals surface area (Å²) in [5, 5.41) is 23.8. The first kappa shape index (κ1) is 24.6. The van der Waals surface area contributed by atoms with E-state index in [1.807, 2.05) is 43.3 Å². The van der Waals surface area contributed by atoms with Gasteiger partial charge in [-0.05, 0) is 46.7 Å². The van der Waals surface area contributed by atoms with Crippen molar-refractivity contribution in [3.8, 4) is 34.1 Å². The van der Waals surface area contributed by atoms with Crippen molar-refractivity contribution in [2.75, 3.05) is 7.11 Å². The van der Waals surface area contributed by atoms with Gasteiger partial charge in [0.2, 0.25) is 0 Å². The van der Waals surface area contributed by atoms with E-state index in [4.69, 9.17) is 4.74 Å². The Kier molecular flexibility index (Phi) is 6.81. The van der Waals surface area contributed by atoms with E-state index < -0.39 is 5.97 Å². The van der Waals surface area contributed by atoms with E-state index in [1.165, 1.54) is 17.7 Å². The van der Waals surface area contributed by atoms with Crippen LogP contribution in [0.5, 0.6) is 5.75 Å². The molecule has 0 unspecified atom stereocenters. The first-order valence-electron chi connectivity index (χ1n) is 12.0. The van der Waals surface area contributed by atoms with Crippen LogP contribution in [0.25, 0.3) is 28.3 Å². The van der Waals surface area contributed by atoms with Crippen molar-refractivity contribution in [3.05, 3.63) is 94.3 Å². The highest BCUT2D eigenvalue weighted by atomic mass is 16.5. The number of aromatic amines is 1. The minimum atomic E-state index is -1.14. The second-order valence-electron chi connectivity index (χ2n) is 8.62. The molecule has 0 atom stereocenters. The molecule has 0 bridgehead atoms. The van der Waals surface area contributed by atoms with Crippen LogP contribution in [0, 0.1) is 0 Å². The third kappa shape index (κ3) is 4.57. The predicted octanol–water partition coefficient (Wildman–Crippen LogP) is 3.59. The topological polar surface area (TPSA) is 141 Å². The molecule has 3 aromatic heterocycles. The fourth-order valence-corrected chi connectivity index (χ4v) is 4.47. The molecule has 192 valence electrons. The number of pyridine rings is 1. The lowest BCUT2D eigenvalue weighted by Gasteiger charge is -2.11. The van der Waals surface area contributed by atoms with Crippen LogP contribution in [-0.4, -0.2) is 52.9 Å². The van der Waals surface area contributed by atoms with Gasteiger partial charge in [-0.2, -0.15) is 0 Å². The molecular weight excluding hydrogens is 486 g/mol. The summed E-state index contributed by atoms with van der Waals surface area (Å²) in [7, 11) is 1.45. The summed E-state index contributed by atoms with van der Waals surface area (Å²) in [5.74, 6) is -0.308. The Morgan fingerprint density at radius 3 is 2.61 bits per heavy atom. The summed E-state index contributed by atoms with van der Waals surface area (Å²) >= 11 is 0. The number of imidazole rings is 1. The maximum atomic E-state index is 13.6. The van der Waals surface area contributed by atoms with E-state index in [1.54, 1.807) is 29.1 Å². The number of nitrogens with zero attached hydrogens (tertiary/aromatic N) is 6. The first-order valence-corrected chi connectivity index (χ1v) is 12.0. The zero-order valence-corrected chi connectivity index (χ0v) is 20.8. The van der Waals surface area contributed by atoms with E-state index in [2.05, 4.69) is 25.6 Å². The lowest BCUT2D eigenvalue weighted by atomic mass is 10.0. The molecule has 11 nitrogen and oxygen atoms in total. The number of carboxylic acids is 1. The van der Waals surface area contributed by atoms with Crippen molar-refractivity contribution >= 4 is 5.97 Å². The number of aryl methyl sites for hydroxylation is 1. The Hall–Kier alpha value is -5.06. The van der Waals surface area contributed by atoms with Crippen LogP contribution in [0.3, 0.4) is 0 Å². The van der Waals surface area contributed by atoms with Crippen molar-refractivity contribution in [1.82, 2.24) is 34.7 Å². The number of nitrogens with one attached hydrogen (secondary N) is 1. The van der Waals surface area contributed by atoms with Crippen LogP contribution in [0.2, 0.25) is 0 Å². The highest BCUT2D eigenvalue weighted by molar-refractivity contribution is 5.93. The maximum Gasteiger partial charge on any atom is 0.337 e. The van der Waals surface area contributed by atoms with Crippen molar-refractivity contribution in [2.24, 2.45) is 0 Å². The molecule has 0 radical (unpaired) electrons. The summed E-state index contributed by atoms with van der Waals surface area (Å²) in [5.41, 5.74) is 3.94. The summed E-state index contributed by atoms with van der Waals surface area (Å²) in [4.78, 5) is 30.1. The van der Waals surface area contributed by atoms with Gasteiger partial charge in [-0.3, -0.25) is 14.1 Å². The molecule has 0 saturated carbocycles. The Balaban J connectivity index is 1.52. The summed E-state index contributed by atoms with van der Waals surface area (Å²) in [6.07, 6.45) is 4.88. The lowest BCUT2D eigenvalue weighted by Crippen LogP contribution is -2.26. The number of aromatic nitrogens is 7. The molecule has 0 aliphatic heterocycles. The van der Waals surface area contributed by atoms with Crippen LogP contribution in [0.1, 0.15) is 35.0 Å². The van der Waals surface area contributed by atoms with Crippen LogP contribution in [-0.2, 0) is 13.0 Å². The Labute approximate surface area is 217 Å². The van der Waals surface area contributed by atoms with Gasteiger partial charge in [0.05, 0.1) is 24.9 Å². The molecule has 38 heavy (non-hydrogen) atoms. The number of ether oxygens (including phenoxy) is 1. The molecule has 0 spiro atoms. The van der Waals surface area contributed by atoms with Crippen molar-refractivity contribution in [2.45, 2.75) is 26.3 Å². The lowest BCUT2D eigenvalue weighted by molar-refractivity contribution is 0.0696. The molecule has 11 heteroatoms. The number of hydrogen-bond acceptors (Lipinski definition) is 7. The molecule has 5 rings (SSSR count). The monoisotopic (exact) mass is 511 g/mol. The van der Waals surface area contributed by atoms with E-state index in [0.29, 0.717) is 24.5 Å². The van der Waals surface area contributed by atoms with E-state index in [0.717, 1.165) is 34.5 Å². The average molecular weight is 512 g/mol. The molecule has 0 amide bonds. The number of carboxylic acid groups (broad SMARTS) is 1. The molecule has 2 N–H and O–H groups in total. The number of aromatic carboxylic acids is 1. The Morgan fingerprint density at radius 2 is 1.92 bits per heavy atom. The number of tetrazole rings is 1. The zero-order valence-electron chi connectivity index (χ0n) is 20.8. The molecule has 2 aromatic carbocycles. The standard InChI is InChI=1S/C27H25N7O4/c1-3-6-19-16-34(24-21(26(35)36)7-4-9-22(24)38-2)27(37)33(19)15-17-10-12-18(13-11-17)23-20(8-5-14-28-23)25-29-31-32-30-25/h4-5,7-14,16H,3,6,15H2,1-2H3,(H,35,36)(H,29,30,31,32). The number of hydrogen-bond donors (Lipinski definition) is 2. The number of benzene rings is 2. The van der Waals surface area contributed by atoms with Gasteiger partial charge < -0.3 is 9.84 Å². The third-order valence-corrected chi connectivity index (χ3v) is 6.23. The van der Waals surface area contributed by atoms with Crippen LogP contribution in [0.4, 0.5) is 0 Å². The van der Waals surface area contributed by atoms with Crippen molar-refractivity contribution in [3.63, 3.8) is 0 Å². The van der Waals surface area contributed by atoms with Crippen LogP contribution < -0.4 is 10.4 Å². The molecule has 0 aliphatic rings. The number of methoxy groups -OCH3 is 1. The van der Waals surface area contributed by atoms with Crippen LogP contribution >= 0.6 is 0 Å². The fourth-order valence-electron chi connectivity index (χ4n) is 4.47.